The molecule has 2 saturated heterocycles. The lowest BCUT2D eigenvalue weighted by Gasteiger charge is -2.37. The molecular weight excluding hydrogens is 392 g/mol. The van der Waals surface area contributed by atoms with Crippen molar-refractivity contribution >= 4 is 23.2 Å². The fourth-order valence-corrected chi connectivity index (χ4v) is 5.40. The van der Waals surface area contributed by atoms with E-state index in [1.165, 1.54) is 28.9 Å². The Hall–Kier alpha value is -2.14. The van der Waals surface area contributed by atoms with Gasteiger partial charge in [0.15, 0.2) is 0 Å². The summed E-state index contributed by atoms with van der Waals surface area (Å²) in [5, 5.41) is 1.94. The minimum absolute atomic E-state index is 0.0847. The number of amides is 2. The molecule has 2 aliphatic rings. The van der Waals surface area contributed by atoms with Crippen LogP contribution in [0.5, 0.6) is 0 Å². The first-order valence-electron chi connectivity index (χ1n) is 11.3. The van der Waals surface area contributed by atoms with E-state index in [2.05, 4.69) is 36.1 Å². The zero-order valence-corrected chi connectivity index (χ0v) is 18.7. The van der Waals surface area contributed by atoms with Crippen LogP contribution in [0.4, 0.5) is 0 Å². The number of likely N-dealkylation sites (tertiary alicyclic amines) is 2. The number of rotatable bonds is 5. The first-order chi connectivity index (χ1) is 14.6. The zero-order chi connectivity index (χ0) is 20.9. The molecule has 0 unspecified atom stereocenters. The molecule has 0 bridgehead atoms. The van der Waals surface area contributed by atoms with Crippen molar-refractivity contribution in [2.75, 3.05) is 26.2 Å². The van der Waals surface area contributed by atoms with Crippen LogP contribution in [0, 0.1) is 18.8 Å². The van der Waals surface area contributed by atoms with E-state index in [4.69, 9.17) is 0 Å². The van der Waals surface area contributed by atoms with Crippen molar-refractivity contribution < 1.29 is 9.59 Å². The van der Waals surface area contributed by atoms with Crippen molar-refractivity contribution in [3.63, 3.8) is 0 Å². The lowest BCUT2D eigenvalue weighted by Crippen LogP contribution is -2.46. The predicted molar refractivity (Wildman–Crippen MR) is 122 cm³/mol. The number of piperidine rings is 2. The third-order valence-electron chi connectivity index (χ3n) is 6.75. The van der Waals surface area contributed by atoms with E-state index in [0.29, 0.717) is 19.0 Å². The number of carbonyl (C=O) groups is 2. The number of thiophene rings is 1. The van der Waals surface area contributed by atoms with Gasteiger partial charge in [0.1, 0.15) is 0 Å². The van der Waals surface area contributed by atoms with E-state index in [0.717, 1.165) is 56.0 Å². The van der Waals surface area contributed by atoms with E-state index in [1.807, 2.05) is 22.4 Å². The molecule has 1 aromatic heterocycles. The molecule has 2 amide bonds. The Morgan fingerprint density at radius 3 is 2.23 bits per heavy atom. The third-order valence-corrected chi connectivity index (χ3v) is 7.61. The monoisotopic (exact) mass is 424 g/mol. The normalized spacial score (nSPS) is 18.6. The maximum absolute atomic E-state index is 13.0. The average molecular weight is 425 g/mol. The van der Waals surface area contributed by atoms with Gasteiger partial charge in [-0.05, 0) is 68.4 Å². The largest absolute Gasteiger partial charge is 0.342 e. The second-order valence-electron chi connectivity index (χ2n) is 8.84. The Bertz CT molecular complexity index is 831. The lowest BCUT2D eigenvalue weighted by atomic mass is 9.89. The average Bonchev–Trinajstić information content (AvgIpc) is 3.33. The van der Waals surface area contributed by atoms with Gasteiger partial charge in [0, 0.05) is 32.1 Å². The quantitative estimate of drug-likeness (QED) is 0.693. The van der Waals surface area contributed by atoms with Crippen molar-refractivity contribution in [2.45, 2.75) is 45.4 Å². The number of hydrogen-bond acceptors (Lipinski definition) is 3. The van der Waals surface area contributed by atoms with Crippen LogP contribution in [0.2, 0.25) is 0 Å². The molecule has 2 aliphatic heterocycles. The molecule has 5 heteroatoms. The van der Waals surface area contributed by atoms with E-state index in [9.17, 15) is 9.59 Å². The molecular formula is C25H32N2O2S. The second-order valence-corrected chi connectivity index (χ2v) is 9.78. The van der Waals surface area contributed by atoms with Gasteiger partial charge in [0.2, 0.25) is 5.91 Å². The van der Waals surface area contributed by atoms with Gasteiger partial charge in [-0.3, -0.25) is 9.59 Å². The van der Waals surface area contributed by atoms with Crippen LogP contribution in [0.15, 0.2) is 41.8 Å². The minimum Gasteiger partial charge on any atom is -0.342 e. The molecule has 2 aromatic rings. The molecule has 0 aliphatic carbocycles. The van der Waals surface area contributed by atoms with Gasteiger partial charge >= 0.3 is 0 Å². The predicted octanol–water partition coefficient (Wildman–Crippen LogP) is 4.78. The van der Waals surface area contributed by atoms with Gasteiger partial charge in [-0.15, -0.1) is 11.3 Å². The molecule has 4 nitrogen and oxygen atoms in total. The summed E-state index contributed by atoms with van der Waals surface area (Å²) < 4.78 is 0. The maximum atomic E-state index is 13.0. The number of benzene rings is 1. The van der Waals surface area contributed by atoms with Crippen LogP contribution in [0.25, 0.3) is 0 Å². The zero-order valence-electron chi connectivity index (χ0n) is 17.9. The maximum Gasteiger partial charge on any atom is 0.263 e. The van der Waals surface area contributed by atoms with Crippen molar-refractivity contribution in [2.24, 2.45) is 11.8 Å². The van der Waals surface area contributed by atoms with Crippen molar-refractivity contribution in [3.8, 4) is 0 Å². The van der Waals surface area contributed by atoms with Gasteiger partial charge in [-0.1, -0.05) is 35.9 Å². The Morgan fingerprint density at radius 1 is 0.933 bits per heavy atom. The van der Waals surface area contributed by atoms with Crippen LogP contribution in [0.3, 0.4) is 0 Å². The molecule has 0 radical (unpaired) electrons. The topological polar surface area (TPSA) is 40.6 Å². The lowest BCUT2D eigenvalue weighted by molar-refractivity contribution is -0.138. The molecule has 4 rings (SSSR count). The van der Waals surface area contributed by atoms with E-state index < -0.39 is 0 Å². The summed E-state index contributed by atoms with van der Waals surface area (Å²) in [6.45, 7) is 5.31. The molecule has 3 heterocycles. The Labute approximate surface area is 183 Å². The Balaban J connectivity index is 1.19. The Kier molecular flexibility index (Phi) is 6.88. The molecule has 0 N–H and O–H groups in total. The summed E-state index contributed by atoms with van der Waals surface area (Å²) in [5.41, 5.74) is 2.73. The molecule has 0 spiro atoms. The third kappa shape index (κ3) is 5.12. The van der Waals surface area contributed by atoms with Crippen molar-refractivity contribution in [1.82, 2.24) is 9.80 Å². The van der Waals surface area contributed by atoms with Crippen molar-refractivity contribution in [1.29, 1.82) is 0 Å². The number of carbonyl (C=O) groups excluding carboxylic acids is 2. The van der Waals surface area contributed by atoms with Crippen LogP contribution in [-0.4, -0.2) is 47.8 Å². The van der Waals surface area contributed by atoms with Crippen LogP contribution in [0.1, 0.15) is 52.9 Å². The molecule has 30 heavy (non-hydrogen) atoms. The summed E-state index contributed by atoms with van der Waals surface area (Å²) >= 11 is 1.49. The van der Waals surface area contributed by atoms with Gasteiger partial charge in [0.05, 0.1) is 4.88 Å². The summed E-state index contributed by atoms with van der Waals surface area (Å²) in [4.78, 5) is 30.3. The number of nitrogens with zero attached hydrogens (tertiary/aromatic N) is 2. The summed E-state index contributed by atoms with van der Waals surface area (Å²) in [6, 6.07) is 12.7. The molecule has 160 valence electrons. The first kappa shape index (κ1) is 21.1. The first-order valence-corrected chi connectivity index (χ1v) is 12.2. The van der Waals surface area contributed by atoms with Gasteiger partial charge in [-0.2, -0.15) is 0 Å². The highest BCUT2D eigenvalue weighted by molar-refractivity contribution is 7.12. The van der Waals surface area contributed by atoms with Crippen LogP contribution in [-0.2, 0) is 11.2 Å². The molecule has 0 atom stereocenters. The van der Waals surface area contributed by atoms with Crippen LogP contribution < -0.4 is 0 Å². The fraction of sp³-hybridized carbons (Fsp3) is 0.520. The number of hydrogen-bond donors (Lipinski definition) is 0. The number of aryl methyl sites for hydroxylation is 2. The summed E-state index contributed by atoms with van der Waals surface area (Å²) in [7, 11) is 0. The van der Waals surface area contributed by atoms with Gasteiger partial charge < -0.3 is 9.80 Å². The van der Waals surface area contributed by atoms with E-state index in [-0.39, 0.29) is 11.8 Å². The minimum atomic E-state index is 0.0847. The highest BCUT2D eigenvalue weighted by Crippen LogP contribution is 2.27. The van der Waals surface area contributed by atoms with E-state index >= 15 is 0 Å². The standard InChI is InChI=1S/C25H32N2O2S/c1-19-4-6-20(7-5-19)8-9-21-10-14-26(15-11-21)24(28)22-12-16-27(17-13-22)25(29)23-3-2-18-30-23/h2-7,18,21-22H,8-17H2,1H3. The van der Waals surface area contributed by atoms with E-state index in [1.54, 1.807) is 0 Å². The van der Waals surface area contributed by atoms with Crippen LogP contribution >= 0.6 is 11.3 Å². The highest BCUT2D eigenvalue weighted by atomic mass is 32.1. The summed E-state index contributed by atoms with van der Waals surface area (Å²) in [6.07, 6.45) is 6.18. The van der Waals surface area contributed by atoms with Gasteiger partial charge in [0.25, 0.3) is 5.91 Å². The second kappa shape index (κ2) is 9.78. The smallest absolute Gasteiger partial charge is 0.263 e. The molecule has 1 aromatic carbocycles. The Morgan fingerprint density at radius 2 is 1.60 bits per heavy atom. The highest BCUT2D eigenvalue weighted by Gasteiger charge is 2.32. The molecule has 0 saturated carbocycles. The van der Waals surface area contributed by atoms with Gasteiger partial charge in [-0.25, -0.2) is 0 Å². The fourth-order valence-electron chi connectivity index (χ4n) is 4.71. The molecule has 2 fully saturated rings. The summed E-state index contributed by atoms with van der Waals surface area (Å²) in [5.74, 6) is 1.24. The SMILES string of the molecule is Cc1ccc(CCC2CCN(C(=O)C3CCN(C(=O)c4cccs4)CC3)CC2)cc1. The van der Waals surface area contributed by atoms with Crippen molar-refractivity contribution in [3.05, 3.63) is 57.8 Å².